The van der Waals surface area contributed by atoms with Crippen LogP contribution in [-0.4, -0.2) is 21.3 Å². The fourth-order valence-corrected chi connectivity index (χ4v) is 1.81. The van der Waals surface area contributed by atoms with E-state index in [2.05, 4.69) is 31.0 Å². The Morgan fingerprint density at radius 1 is 1.22 bits per heavy atom. The minimum Gasteiger partial charge on any atom is -0.478 e. The summed E-state index contributed by atoms with van der Waals surface area (Å²) in [5, 5.41) is 15.6. The predicted octanol–water partition coefficient (Wildman–Crippen LogP) is 3.07. The number of rotatable bonds is 2. The highest BCUT2D eigenvalue weighted by molar-refractivity contribution is 5.94. The first-order valence-corrected chi connectivity index (χ1v) is 5.77. The molecule has 0 bridgehead atoms. The summed E-state index contributed by atoms with van der Waals surface area (Å²) < 4.78 is 0. The molecule has 0 unspecified atom stereocenters. The van der Waals surface area contributed by atoms with Crippen molar-refractivity contribution < 1.29 is 9.90 Å². The maximum Gasteiger partial charge on any atom is 0.339 e. The number of aromatic carboxylic acids is 1. The molecule has 0 radical (unpaired) electrons. The second-order valence-corrected chi connectivity index (χ2v) is 5.29. The van der Waals surface area contributed by atoms with Gasteiger partial charge in [-0.05, 0) is 11.0 Å². The smallest absolute Gasteiger partial charge is 0.339 e. The Bertz CT molecular complexity index is 562. The van der Waals surface area contributed by atoms with Crippen molar-refractivity contribution in [2.45, 2.75) is 26.2 Å². The quantitative estimate of drug-likeness (QED) is 0.853. The molecule has 4 nitrogen and oxygen atoms in total. The molecule has 0 saturated heterocycles. The second-order valence-electron chi connectivity index (χ2n) is 5.29. The van der Waals surface area contributed by atoms with Crippen LogP contribution in [0, 0.1) is 0 Å². The van der Waals surface area contributed by atoms with Gasteiger partial charge in [0.1, 0.15) is 5.56 Å². The maximum atomic E-state index is 11.0. The Morgan fingerprint density at radius 2 is 1.83 bits per heavy atom. The largest absolute Gasteiger partial charge is 0.478 e. The zero-order valence-corrected chi connectivity index (χ0v) is 10.7. The van der Waals surface area contributed by atoms with Crippen LogP contribution >= 0.6 is 0 Å². The van der Waals surface area contributed by atoms with E-state index in [-0.39, 0.29) is 11.0 Å². The summed E-state index contributed by atoms with van der Waals surface area (Å²) in [7, 11) is 0. The van der Waals surface area contributed by atoms with E-state index < -0.39 is 5.97 Å². The fourth-order valence-electron chi connectivity index (χ4n) is 1.81. The monoisotopic (exact) mass is 244 g/mol. The standard InChI is InChI=1S/C14H16N2O2/c1-14(2,3)10-6-4-9(5-7-10)12-11(13(17)18)8-15-16-12/h4-8H,1-3H3,(H,15,16)(H,17,18). The van der Waals surface area contributed by atoms with E-state index in [1.165, 1.54) is 11.8 Å². The summed E-state index contributed by atoms with van der Waals surface area (Å²) in [6, 6.07) is 7.87. The molecule has 1 heterocycles. The van der Waals surface area contributed by atoms with E-state index >= 15 is 0 Å². The van der Waals surface area contributed by atoms with Crippen LogP contribution in [0.2, 0.25) is 0 Å². The molecule has 0 aliphatic heterocycles. The average Bonchev–Trinajstić information content (AvgIpc) is 2.77. The summed E-state index contributed by atoms with van der Waals surface area (Å²) in [5.41, 5.74) is 2.87. The molecule has 0 saturated carbocycles. The molecule has 0 fully saturated rings. The minimum absolute atomic E-state index is 0.0855. The highest BCUT2D eigenvalue weighted by atomic mass is 16.4. The van der Waals surface area contributed by atoms with Crippen LogP contribution in [0.15, 0.2) is 30.5 Å². The molecule has 2 N–H and O–H groups in total. The van der Waals surface area contributed by atoms with E-state index in [4.69, 9.17) is 5.11 Å². The van der Waals surface area contributed by atoms with Gasteiger partial charge < -0.3 is 5.11 Å². The number of hydrogen-bond acceptors (Lipinski definition) is 2. The van der Waals surface area contributed by atoms with Crippen LogP contribution in [0.3, 0.4) is 0 Å². The minimum atomic E-state index is -0.973. The lowest BCUT2D eigenvalue weighted by molar-refractivity contribution is 0.0698. The molecule has 0 atom stereocenters. The summed E-state index contributed by atoms with van der Waals surface area (Å²) in [6.07, 6.45) is 1.33. The number of aromatic amines is 1. The third kappa shape index (κ3) is 2.27. The van der Waals surface area contributed by atoms with Crippen molar-refractivity contribution in [2.75, 3.05) is 0 Å². The average molecular weight is 244 g/mol. The van der Waals surface area contributed by atoms with Crippen molar-refractivity contribution in [3.8, 4) is 11.3 Å². The van der Waals surface area contributed by atoms with Crippen molar-refractivity contribution >= 4 is 5.97 Å². The van der Waals surface area contributed by atoms with E-state index in [1.807, 2.05) is 24.3 Å². The lowest BCUT2D eigenvalue weighted by atomic mass is 9.86. The molecule has 18 heavy (non-hydrogen) atoms. The van der Waals surface area contributed by atoms with Crippen molar-refractivity contribution in [2.24, 2.45) is 0 Å². The molecule has 2 rings (SSSR count). The SMILES string of the molecule is CC(C)(C)c1ccc(-c2[nH]ncc2C(=O)O)cc1. The summed E-state index contributed by atoms with van der Waals surface area (Å²) in [4.78, 5) is 11.0. The van der Waals surface area contributed by atoms with Crippen LogP contribution in [0.25, 0.3) is 11.3 Å². The number of nitrogens with one attached hydrogen (secondary N) is 1. The van der Waals surface area contributed by atoms with Gasteiger partial charge >= 0.3 is 5.97 Å². The van der Waals surface area contributed by atoms with Crippen molar-refractivity contribution in [3.05, 3.63) is 41.6 Å². The Morgan fingerprint density at radius 3 is 2.33 bits per heavy atom. The van der Waals surface area contributed by atoms with E-state index in [0.29, 0.717) is 5.69 Å². The summed E-state index contributed by atoms with van der Waals surface area (Å²) in [5.74, 6) is -0.973. The first-order valence-electron chi connectivity index (χ1n) is 5.77. The van der Waals surface area contributed by atoms with Gasteiger partial charge in [-0.1, -0.05) is 45.0 Å². The maximum absolute atomic E-state index is 11.0. The Balaban J connectivity index is 2.41. The van der Waals surface area contributed by atoms with Gasteiger partial charge in [0.2, 0.25) is 0 Å². The number of carboxylic acids is 1. The Hall–Kier alpha value is -2.10. The Kier molecular flexibility index (Phi) is 2.95. The first kappa shape index (κ1) is 12.4. The fraction of sp³-hybridized carbons (Fsp3) is 0.286. The zero-order chi connectivity index (χ0) is 13.3. The second kappa shape index (κ2) is 4.29. The van der Waals surface area contributed by atoms with Gasteiger partial charge in [0.05, 0.1) is 11.9 Å². The predicted molar refractivity (Wildman–Crippen MR) is 69.7 cm³/mol. The number of nitrogens with zero attached hydrogens (tertiary/aromatic N) is 1. The molecule has 4 heteroatoms. The topological polar surface area (TPSA) is 66.0 Å². The van der Waals surface area contributed by atoms with Gasteiger partial charge in [-0.2, -0.15) is 5.10 Å². The van der Waals surface area contributed by atoms with Crippen molar-refractivity contribution in [1.29, 1.82) is 0 Å². The van der Waals surface area contributed by atoms with Gasteiger partial charge in [-0.15, -0.1) is 0 Å². The number of carboxylic acid groups (broad SMARTS) is 1. The third-order valence-electron chi connectivity index (χ3n) is 2.91. The van der Waals surface area contributed by atoms with E-state index in [1.54, 1.807) is 0 Å². The molecular formula is C14H16N2O2. The molecule has 0 spiro atoms. The summed E-state index contributed by atoms with van der Waals surface area (Å²) >= 11 is 0. The lowest BCUT2D eigenvalue weighted by Crippen LogP contribution is -2.10. The van der Waals surface area contributed by atoms with E-state index in [0.717, 1.165) is 5.56 Å². The van der Waals surface area contributed by atoms with Gasteiger partial charge in [-0.3, -0.25) is 5.10 Å². The summed E-state index contributed by atoms with van der Waals surface area (Å²) in [6.45, 7) is 6.42. The molecule has 0 aliphatic carbocycles. The third-order valence-corrected chi connectivity index (χ3v) is 2.91. The van der Waals surface area contributed by atoms with Crippen LogP contribution in [0.1, 0.15) is 36.7 Å². The van der Waals surface area contributed by atoms with Gasteiger partial charge in [-0.25, -0.2) is 4.79 Å². The van der Waals surface area contributed by atoms with Gasteiger partial charge in [0, 0.05) is 5.56 Å². The number of carbonyl (C=O) groups is 1. The van der Waals surface area contributed by atoms with E-state index in [9.17, 15) is 4.79 Å². The van der Waals surface area contributed by atoms with Crippen molar-refractivity contribution in [3.63, 3.8) is 0 Å². The first-order chi connectivity index (χ1) is 8.39. The molecule has 1 aromatic carbocycles. The lowest BCUT2D eigenvalue weighted by Gasteiger charge is -2.19. The van der Waals surface area contributed by atoms with Crippen LogP contribution in [0.4, 0.5) is 0 Å². The normalized spacial score (nSPS) is 11.5. The number of aromatic nitrogens is 2. The van der Waals surface area contributed by atoms with Gasteiger partial charge in [0.15, 0.2) is 0 Å². The van der Waals surface area contributed by atoms with Crippen LogP contribution in [0.5, 0.6) is 0 Å². The van der Waals surface area contributed by atoms with Crippen LogP contribution in [-0.2, 0) is 5.41 Å². The Labute approximate surface area is 106 Å². The highest BCUT2D eigenvalue weighted by Crippen LogP contribution is 2.26. The molecule has 0 amide bonds. The highest BCUT2D eigenvalue weighted by Gasteiger charge is 2.16. The van der Waals surface area contributed by atoms with Gasteiger partial charge in [0.25, 0.3) is 0 Å². The number of hydrogen-bond donors (Lipinski definition) is 2. The molecule has 0 aliphatic rings. The zero-order valence-electron chi connectivity index (χ0n) is 10.7. The molecule has 1 aromatic heterocycles. The molecule has 2 aromatic rings. The number of benzene rings is 1. The van der Waals surface area contributed by atoms with Crippen LogP contribution < -0.4 is 0 Å². The molecular weight excluding hydrogens is 228 g/mol. The van der Waals surface area contributed by atoms with Crippen molar-refractivity contribution in [1.82, 2.24) is 10.2 Å². The molecule has 94 valence electrons. The number of H-pyrrole nitrogens is 1.